The fraction of sp³-hybridized carbons (Fsp3) is 0.917. The fourth-order valence-corrected chi connectivity index (χ4v) is 2.09. The Hall–Kier alpha value is -0.840. The van der Waals surface area contributed by atoms with Crippen LogP contribution in [-0.4, -0.2) is 48.4 Å². The fourth-order valence-electron chi connectivity index (χ4n) is 2.09. The molecular weight excluding hydrogens is 223 g/mol. The van der Waals surface area contributed by atoms with Gasteiger partial charge in [0.05, 0.1) is 12.6 Å². The van der Waals surface area contributed by atoms with Crippen molar-refractivity contribution < 1.29 is 13.9 Å². The van der Waals surface area contributed by atoms with Gasteiger partial charge in [-0.15, -0.1) is 0 Å². The first-order valence-corrected chi connectivity index (χ1v) is 6.42. The first-order chi connectivity index (χ1) is 8.06. The molecule has 1 aliphatic heterocycles. The van der Waals surface area contributed by atoms with Gasteiger partial charge in [0.15, 0.2) is 0 Å². The number of amides is 1. The maximum absolute atomic E-state index is 13.9. The van der Waals surface area contributed by atoms with Crippen LogP contribution in [0.4, 0.5) is 9.18 Å². The zero-order chi connectivity index (χ0) is 12.4. The highest BCUT2D eigenvalue weighted by Gasteiger charge is 2.35. The van der Waals surface area contributed by atoms with E-state index in [0.717, 1.165) is 12.8 Å². The number of alkyl halides is 1. The lowest BCUT2D eigenvalue weighted by molar-refractivity contribution is 0.0478. The van der Waals surface area contributed by atoms with Crippen molar-refractivity contribution in [2.45, 2.75) is 57.5 Å². The second kappa shape index (κ2) is 5.21. The summed E-state index contributed by atoms with van der Waals surface area (Å²) in [5.41, 5.74) is 0. The van der Waals surface area contributed by atoms with Crippen molar-refractivity contribution in [3.8, 4) is 0 Å². The van der Waals surface area contributed by atoms with Crippen LogP contribution in [0.25, 0.3) is 0 Å². The molecule has 0 aromatic heterocycles. The summed E-state index contributed by atoms with van der Waals surface area (Å²) in [4.78, 5) is 13.1. The highest BCUT2D eigenvalue weighted by atomic mass is 19.1. The van der Waals surface area contributed by atoms with Crippen molar-refractivity contribution >= 4 is 6.09 Å². The van der Waals surface area contributed by atoms with E-state index in [4.69, 9.17) is 4.74 Å². The van der Waals surface area contributed by atoms with E-state index in [2.05, 4.69) is 5.32 Å². The molecule has 0 radical (unpaired) electrons. The number of halogens is 1. The second-order valence-corrected chi connectivity index (χ2v) is 5.23. The quantitative estimate of drug-likeness (QED) is 0.821. The number of hydrogen-bond acceptors (Lipinski definition) is 3. The molecule has 0 aromatic carbocycles. The standard InChI is InChI=1S/C12H21FN2O2/c1-8(2)17-12(16)15-6-5-11(10(13)7-15)14-9-3-4-9/h8-11,14H,3-7H2,1-2H3/t10-,11+/m1/s1. The maximum atomic E-state index is 13.9. The van der Waals surface area contributed by atoms with E-state index < -0.39 is 12.3 Å². The Morgan fingerprint density at radius 2 is 2.12 bits per heavy atom. The van der Waals surface area contributed by atoms with E-state index in [-0.39, 0.29) is 18.7 Å². The van der Waals surface area contributed by atoms with Crippen LogP contribution in [0.5, 0.6) is 0 Å². The van der Waals surface area contributed by atoms with Gasteiger partial charge in [0.25, 0.3) is 0 Å². The van der Waals surface area contributed by atoms with Gasteiger partial charge in [-0.3, -0.25) is 0 Å². The lowest BCUT2D eigenvalue weighted by Gasteiger charge is -2.34. The summed E-state index contributed by atoms with van der Waals surface area (Å²) in [6, 6.07) is 0.415. The average molecular weight is 244 g/mol. The first-order valence-electron chi connectivity index (χ1n) is 6.42. The molecule has 0 aromatic rings. The summed E-state index contributed by atoms with van der Waals surface area (Å²) in [6.45, 7) is 4.32. The molecule has 2 atom stereocenters. The van der Waals surface area contributed by atoms with Crippen LogP contribution in [0.15, 0.2) is 0 Å². The summed E-state index contributed by atoms with van der Waals surface area (Å²) in [7, 11) is 0. The van der Waals surface area contributed by atoms with E-state index >= 15 is 0 Å². The predicted molar refractivity (Wildman–Crippen MR) is 62.6 cm³/mol. The molecule has 4 nitrogen and oxygen atoms in total. The zero-order valence-electron chi connectivity index (χ0n) is 10.5. The summed E-state index contributed by atoms with van der Waals surface area (Å²) in [5, 5.41) is 3.29. The van der Waals surface area contributed by atoms with Crippen LogP contribution in [-0.2, 0) is 4.74 Å². The van der Waals surface area contributed by atoms with Crippen LogP contribution in [0.1, 0.15) is 33.1 Å². The molecule has 0 unspecified atom stereocenters. The highest BCUT2D eigenvalue weighted by molar-refractivity contribution is 5.68. The number of rotatable bonds is 3. The lowest BCUT2D eigenvalue weighted by Crippen LogP contribution is -2.53. The lowest BCUT2D eigenvalue weighted by atomic mass is 10.0. The molecule has 1 N–H and O–H groups in total. The Kier molecular flexibility index (Phi) is 3.86. The van der Waals surface area contributed by atoms with Gasteiger partial charge < -0.3 is 15.0 Å². The van der Waals surface area contributed by atoms with Crippen molar-refractivity contribution in [2.24, 2.45) is 0 Å². The van der Waals surface area contributed by atoms with E-state index in [1.54, 1.807) is 13.8 Å². The minimum atomic E-state index is -0.982. The molecule has 1 saturated heterocycles. The molecule has 2 aliphatic rings. The van der Waals surface area contributed by atoms with Gasteiger partial charge in [-0.2, -0.15) is 0 Å². The molecule has 2 fully saturated rings. The van der Waals surface area contributed by atoms with Crippen molar-refractivity contribution in [1.29, 1.82) is 0 Å². The third-order valence-electron chi connectivity index (χ3n) is 3.16. The van der Waals surface area contributed by atoms with E-state index in [9.17, 15) is 9.18 Å². The minimum Gasteiger partial charge on any atom is -0.447 e. The topological polar surface area (TPSA) is 41.6 Å². The predicted octanol–water partition coefficient (Wildman–Crippen LogP) is 1.70. The van der Waals surface area contributed by atoms with E-state index in [1.807, 2.05) is 0 Å². The molecule has 0 bridgehead atoms. The van der Waals surface area contributed by atoms with Gasteiger partial charge >= 0.3 is 6.09 Å². The van der Waals surface area contributed by atoms with Gasteiger partial charge in [0, 0.05) is 18.6 Å². The number of piperidine rings is 1. The number of nitrogens with zero attached hydrogens (tertiary/aromatic N) is 1. The molecule has 17 heavy (non-hydrogen) atoms. The molecule has 1 heterocycles. The third kappa shape index (κ3) is 3.56. The van der Waals surface area contributed by atoms with Gasteiger partial charge in [0.2, 0.25) is 0 Å². The largest absolute Gasteiger partial charge is 0.447 e. The average Bonchev–Trinajstić information content (AvgIpc) is 3.04. The number of carbonyl (C=O) groups excluding carboxylic acids is 1. The van der Waals surface area contributed by atoms with Crippen LogP contribution in [0.3, 0.4) is 0 Å². The Labute approximate surface area is 101 Å². The second-order valence-electron chi connectivity index (χ2n) is 5.23. The Morgan fingerprint density at radius 1 is 1.41 bits per heavy atom. The van der Waals surface area contributed by atoms with Gasteiger partial charge in [-0.25, -0.2) is 9.18 Å². The smallest absolute Gasteiger partial charge is 0.410 e. The number of ether oxygens (including phenoxy) is 1. The Bertz CT molecular complexity index is 282. The monoisotopic (exact) mass is 244 g/mol. The summed E-state index contributed by atoms with van der Waals surface area (Å²) in [6.07, 6.45) is 1.45. The van der Waals surface area contributed by atoms with Crippen LogP contribution in [0.2, 0.25) is 0 Å². The first kappa shape index (κ1) is 12.6. The van der Waals surface area contributed by atoms with Crippen molar-refractivity contribution in [2.75, 3.05) is 13.1 Å². The highest BCUT2D eigenvalue weighted by Crippen LogP contribution is 2.23. The van der Waals surface area contributed by atoms with Gasteiger partial charge in [-0.1, -0.05) is 0 Å². The Balaban J connectivity index is 1.79. The minimum absolute atomic E-state index is 0.0920. The Morgan fingerprint density at radius 3 is 2.65 bits per heavy atom. The van der Waals surface area contributed by atoms with Crippen molar-refractivity contribution in [3.05, 3.63) is 0 Å². The molecule has 1 saturated carbocycles. The zero-order valence-corrected chi connectivity index (χ0v) is 10.5. The van der Waals surface area contributed by atoms with Gasteiger partial charge in [-0.05, 0) is 33.1 Å². The number of likely N-dealkylation sites (tertiary alicyclic amines) is 1. The number of nitrogens with one attached hydrogen (secondary N) is 1. The van der Waals surface area contributed by atoms with E-state index in [0.29, 0.717) is 19.0 Å². The van der Waals surface area contributed by atoms with Crippen LogP contribution >= 0.6 is 0 Å². The summed E-state index contributed by atoms with van der Waals surface area (Å²) >= 11 is 0. The summed E-state index contributed by atoms with van der Waals surface area (Å²) < 4.78 is 18.9. The molecular formula is C12H21FN2O2. The SMILES string of the molecule is CC(C)OC(=O)N1CC[C@H](NC2CC2)[C@H](F)C1. The molecule has 2 rings (SSSR count). The molecule has 5 heteroatoms. The van der Waals surface area contributed by atoms with Crippen molar-refractivity contribution in [1.82, 2.24) is 10.2 Å². The number of carbonyl (C=O) groups is 1. The molecule has 98 valence electrons. The van der Waals surface area contributed by atoms with Crippen molar-refractivity contribution in [3.63, 3.8) is 0 Å². The molecule has 0 spiro atoms. The van der Waals surface area contributed by atoms with Crippen LogP contribution in [0, 0.1) is 0 Å². The van der Waals surface area contributed by atoms with Gasteiger partial charge in [0.1, 0.15) is 6.17 Å². The third-order valence-corrected chi connectivity index (χ3v) is 3.16. The molecule has 1 aliphatic carbocycles. The van der Waals surface area contributed by atoms with E-state index in [1.165, 1.54) is 4.90 Å². The maximum Gasteiger partial charge on any atom is 0.410 e. The number of hydrogen-bond donors (Lipinski definition) is 1. The normalized spacial score (nSPS) is 29.5. The summed E-state index contributed by atoms with van der Waals surface area (Å²) in [5.74, 6) is 0. The van der Waals surface area contributed by atoms with Crippen LogP contribution < -0.4 is 5.32 Å². The molecule has 1 amide bonds.